The number of aromatic amines is 1. The summed E-state index contributed by atoms with van der Waals surface area (Å²) >= 11 is 0. The zero-order valence-corrected chi connectivity index (χ0v) is 13.0. The molecule has 0 aliphatic rings. The van der Waals surface area contributed by atoms with Gasteiger partial charge in [0, 0.05) is 24.0 Å². The van der Waals surface area contributed by atoms with Crippen LogP contribution in [0.2, 0.25) is 0 Å². The molecule has 0 saturated carbocycles. The van der Waals surface area contributed by atoms with Crippen molar-refractivity contribution in [3.8, 4) is 0 Å². The summed E-state index contributed by atoms with van der Waals surface area (Å²) in [5.41, 5.74) is 1.55. The fourth-order valence-electron chi connectivity index (χ4n) is 2.56. The van der Waals surface area contributed by atoms with Gasteiger partial charge in [0.05, 0.1) is 0 Å². The molecule has 0 fully saturated rings. The summed E-state index contributed by atoms with van der Waals surface area (Å²) in [5.74, 6) is -0.526. The number of hydrogen-bond donors (Lipinski definition) is 2. The molecule has 0 bridgehead atoms. The maximum absolute atomic E-state index is 13.5. The maximum Gasteiger partial charge on any atom is 0.253 e. The van der Waals surface area contributed by atoms with Gasteiger partial charge in [0.15, 0.2) is 0 Å². The molecule has 0 spiro atoms. The van der Waals surface area contributed by atoms with Gasteiger partial charge in [0.1, 0.15) is 5.82 Å². The van der Waals surface area contributed by atoms with Crippen molar-refractivity contribution in [3.05, 3.63) is 81.9 Å². The number of carbonyl (C=O) groups is 1. The van der Waals surface area contributed by atoms with E-state index in [9.17, 15) is 14.0 Å². The highest BCUT2D eigenvalue weighted by atomic mass is 19.1. The second-order valence-corrected chi connectivity index (χ2v) is 5.58. The minimum absolute atomic E-state index is 0.149. The van der Waals surface area contributed by atoms with Crippen LogP contribution < -0.4 is 10.9 Å². The van der Waals surface area contributed by atoms with Crippen molar-refractivity contribution in [1.82, 2.24) is 10.3 Å². The minimum atomic E-state index is -0.309. The Labute approximate surface area is 138 Å². The van der Waals surface area contributed by atoms with Crippen LogP contribution in [0, 0.1) is 5.82 Å². The molecule has 2 aromatic carbocycles. The lowest BCUT2D eigenvalue weighted by molar-refractivity contribution is -0.121. The van der Waals surface area contributed by atoms with Crippen molar-refractivity contribution in [3.63, 3.8) is 0 Å². The van der Waals surface area contributed by atoms with Crippen molar-refractivity contribution < 1.29 is 9.18 Å². The smallest absolute Gasteiger partial charge is 0.253 e. The molecule has 2 N–H and O–H groups in total. The van der Waals surface area contributed by atoms with E-state index in [-0.39, 0.29) is 30.2 Å². The number of fused-ring (bicyclic) bond motifs is 1. The number of halogens is 1. The van der Waals surface area contributed by atoms with Gasteiger partial charge in [0.2, 0.25) is 5.91 Å². The Balaban J connectivity index is 1.61. The summed E-state index contributed by atoms with van der Waals surface area (Å²) in [6.07, 6.45) is 0.499. The molecule has 4 nitrogen and oxygen atoms in total. The first kappa shape index (κ1) is 15.9. The van der Waals surface area contributed by atoms with E-state index in [1.165, 1.54) is 6.07 Å². The number of carbonyl (C=O) groups excluding carboxylic acids is 1. The van der Waals surface area contributed by atoms with E-state index < -0.39 is 0 Å². The van der Waals surface area contributed by atoms with Gasteiger partial charge >= 0.3 is 0 Å². The first-order valence-corrected chi connectivity index (χ1v) is 7.74. The Morgan fingerprint density at radius 3 is 2.62 bits per heavy atom. The molecule has 0 atom stereocenters. The fraction of sp³-hybridized carbons (Fsp3) is 0.158. The highest BCUT2D eigenvalue weighted by Crippen LogP contribution is 2.11. The molecule has 24 heavy (non-hydrogen) atoms. The summed E-state index contributed by atoms with van der Waals surface area (Å²) in [4.78, 5) is 26.7. The van der Waals surface area contributed by atoms with Crippen molar-refractivity contribution in [2.75, 3.05) is 0 Å². The van der Waals surface area contributed by atoms with Crippen LogP contribution in [0.5, 0.6) is 0 Å². The van der Waals surface area contributed by atoms with E-state index in [1.54, 1.807) is 24.3 Å². The van der Waals surface area contributed by atoms with Gasteiger partial charge < -0.3 is 10.3 Å². The van der Waals surface area contributed by atoms with Crippen molar-refractivity contribution >= 4 is 16.8 Å². The van der Waals surface area contributed by atoms with Gasteiger partial charge in [-0.15, -0.1) is 0 Å². The van der Waals surface area contributed by atoms with Gasteiger partial charge in [-0.25, -0.2) is 4.39 Å². The number of hydrogen-bond acceptors (Lipinski definition) is 2. The van der Waals surface area contributed by atoms with E-state index in [1.807, 2.05) is 24.3 Å². The van der Waals surface area contributed by atoms with E-state index in [2.05, 4.69) is 10.3 Å². The number of para-hydroxylation sites is 1. The molecule has 0 aliphatic heterocycles. The summed E-state index contributed by atoms with van der Waals surface area (Å²) < 4.78 is 13.5. The molecular formula is C19H17FN2O2. The Kier molecular flexibility index (Phi) is 4.70. The summed E-state index contributed by atoms with van der Waals surface area (Å²) in [5, 5.41) is 3.62. The van der Waals surface area contributed by atoms with Crippen LogP contribution in [0.15, 0.2) is 59.4 Å². The number of aromatic nitrogens is 1. The molecule has 0 radical (unpaired) electrons. The molecule has 122 valence electrons. The van der Waals surface area contributed by atoms with Crippen molar-refractivity contribution in [2.24, 2.45) is 0 Å². The number of H-pyrrole nitrogens is 1. The Morgan fingerprint density at radius 1 is 1.04 bits per heavy atom. The molecule has 5 heteroatoms. The quantitative estimate of drug-likeness (QED) is 0.758. The van der Waals surface area contributed by atoms with Crippen LogP contribution in [0.4, 0.5) is 4.39 Å². The van der Waals surface area contributed by atoms with Crippen LogP contribution in [-0.4, -0.2) is 10.9 Å². The highest BCUT2D eigenvalue weighted by Gasteiger charge is 2.07. The van der Waals surface area contributed by atoms with Gasteiger partial charge in [-0.3, -0.25) is 9.59 Å². The molecule has 0 saturated heterocycles. The molecule has 0 aliphatic carbocycles. The van der Waals surface area contributed by atoms with E-state index in [0.29, 0.717) is 17.5 Å². The number of pyridine rings is 1. The summed E-state index contributed by atoms with van der Waals surface area (Å²) in [6.45, 7) is 0.149. The molecule has 3 aromatic rings. The van der Waals surface area contributed by atoms with Gasteiger partial charge in [-0.05, 0) is 35.6 Å². The van der Waals surface area contributed by atoms with Crippen LogP contribution in [-0.2, 0) is 17.8 Å². The molecule has 1 heterocycles. The Morgan fingerprint density at radius 2 is 1.79 bits per heavy atom. The second-order valence-electron chi connectivity index (χ2n) is 5.58. The second kappa shape index (κ2) is 7.08. The lowest BCUT2D eigenvalue weighted by Gasteiger charge is -2.07. The zero-order valence-electron chi connectivity index (χ0n) is 13.0. The normalized spacial score (nSPS) is 10.7. The molecule has 1 aromatic heterocycles. The highest BCUT2D eigenvalue weighted by molar-refractivity contribution is 5.79. The molecule has 0 unspecified atom stereocenters. The van der Waals surface area contributed by atoms with Crippen LogP contribution in [0.3, 0.4) is 0 Å². The largest absolute Gasteiger partial charge is 0.352 e. The average Bonchev–Trinajstić information content (AvgIpc) is 2.59. The number of nitrogens with one attached hydrogen (secondary N) is 2. The third-order valence-electron chi connectivity index (χ3n) is 3.89. The lowest BCUT2D eigenvalue weighted by atomic mass is 10.1. The number of amides is 1. The predicted octanol–water partition coefficient (Wildman–Crippen LogP) is 2.92. The monoisotopic (exact) mass is 324 g/mol. The Hall–Kier alpha value is -2.95. The van der Waals surface area contributed by atoms with Gasteiger partial charge in [0.25, 0.3) is 5.56 Å². The van der Waals surface area contributed by atoms with E-state index in [4.69, 9.17) is 0 Å². The van der Waals surface area contributed by atoms with E-state index in [0.717, 1.165) is 10.9 Å². The van der Waals surface area contributed by atoms with Gasteiger partial charge in [-0.2, -0.15) is 0 Å². The lowest BCUT2D eigenvalue weighted by Crippen LogP contribution is -2.26. The third kappa shape index (κ3) is 3.68. The number of benzene rings is 2. The SMILES string of the molecule is O=C(CCc1ccccc1F)NCc1cc2ccccc2[nH]c1=O. The van der Waals surface area contributed by atoms with Crippen LogP contribution in [0.25, 0.3) is 10.9 Å². The first-order valence-electron chi connectivity index (χ1n) is 7.74. The summed E-state index contributed by atoms with van der Waals surface area (Å²) in [7, 11) is 0. The third-order valence-corrected chi connectivity index (χ3v) is 3.89. The van der Waals surface area contributed by atoms with Gasteiger partial charge in [-0.1, -0.05) is 36.4 Å². The average molecular weight is 324 g/mol. The predicted molar refractivity (Wildman–Crippen MR) is 91.1 cm³/mol. The minimum Gasteiger partial charge on any atom is -0.352 e. The van der Waals surface area contributed by atoms with E-state index >= 15 is 0 Å². The zero-order chi connectivity index (χ0) is 16.9. The first-order chi connectivity index (χ1) is 11.6. The van der Waals surface area contributed by atoms with Crippen molar-refractivity contribution in [1.29, 1.82) is 0 Å². The number of aryl methyl sites for hydroxylation is 1. The van der Waals surface area contributed by atoms with Crippen LogP contribution in [0.1, 0.15) is 17.5 Å². The summed E-state index contributed by atoms with van der Waals surface area (Å²) in [6, 6.07) is 15.6. The maximum atomic E-state index is 13.5. The van der Waals surface area contributed by atoms with Crippen molar-refractivity contribution in [2.45, 2.75) is 19.4 Å². The number of rotatable bonds is 5. The molecule has 1 amide bonds. The topological polar surface area (TPSA) is 62.0 Å². The molecular weight excluding hydrogens is 307 g/mol. The Bertz CT molecular complexity index is 934. The van der Waals surface area contributed by atoms with Crippen LogP contribution >= 0.6 is 0 Å². The fourth-order valence-corrected chi connectivity index (χ4v) is 2.56. The standard InChI is InChI=1S/C19H17FN2O2/c20-16-7-3-1-5-13(16)9-10-18(23)21-12-15-11-14-6-2-4-8-17(14)22-19(15)24/h1-8,11H,9-10,12H2,(H,21,23)(H,22,24). The molecule has 3 rings (SSSR count).